The summed E-state index contributed by atoms with van der Waals surface area (Å²) in [7, 11) is 0. The van der Waals surface area contributed by atoms with Gasteiger partial charge in [-0.15, -0.1) is 0 Å². The van der Waals surface area contributed by atoms with Gasteiger partial charge in [0.25, 0.3) is 0 Å². The van der Waals surface area contributed by atoms with E-state index in [0.29, 0.717) is 12.3 Å². The molecule has 0 N–H and O–H groups in total. The Hall–Kier alpha value is -0.590. The molecule has 1 atom stereocenters. The summed E-state index contributed by atoms with van der Waals surface area (Å²) in [5.41, 5.74) is 0.936. The van der Waals surface area contributed by atoms with Gasteiger partial charge in [-0.3, -0.25) is 4.79 Å². The molecule has 0 aliphatic heterocycles. The van der Waals surface area contributed by atoms with Crippen LogP contribution in [0.2, 0.25) is 0 Å². The average molecular weight is 182 g/mol. The van der Waals surface area contributed by atoms with E-state index in [1.165, 1.54) is 19.3 Å². The highest BCUT2D eigenvalue weighted by Gasteiger charge is 2.03. The quantitative estimate of drug-likeness (QED) is 0.572. The number of hydrogen-bond donors (Lipinski definition) is 0. The van der Waals surface area contributed by atoms with Crippen molar-refractivity contribution in [2.75, 3.05) is 0 Å². The van der Waals surface area contributed by atoms with Crippen LogP contribution in [0.25, 0.3) is 0 Å². The molecule has 0 aromatic rings. The second-order valence-electron chi connectivity index (χ2n) is 3.75. The van der Waals surface area contributed by atoms with Crippen molar-refractivity contribution in [1.82, 2.24) is 0 Å². The zero-order valence-electron chi connectivity index (χ0n) is 9.39. The van der Waals surface area contributed by atoms with Crippen LogP contribution in [0.3, 0.4) is 0 Å². The maximum Gasteiger partial charge on any atom is 0.157 e. The second-order valence-corrected chi connectivity index (χ2v) is 3.75. The van der Waals surface area contributed by atoms with Gasteiger partial charge in [-0.25, -0.2) is 0 Å². The lowest BCUT2D eigenvalue weighted by atomic mass is 9.99. The molecule has 0 heterocycles. The van der Waals surface area contributed by atoms with Gasteiger partial charge in [-0.2, -0.15) is 0 Å². The van der Waals surface area contributed by atoms with Crippen LogP contribution in [0.1, 0.15) is 53.4 Å². The molecular weight excluding hydrogens is 160 g/mol. The Morgan fingerprint density at radius 1 is 1.38 bits per heavy atom. The topological polar surface area (TPSA) is 17.1 Å². The first kappa shape index (κ1) is 12.4. The lowest BCUT2D eigenvalue weighted by Gasteiger charge is -2.06. The van der Waals surface area contributed by atoms with Crippen LogP contribution >= 0.6 is 0 Å². The van der Waals surface area contributed by atoms with Crippen molar-refractivity contribution in [3.63, 3.8) is 0 Å². The lowest BCUT2D eigenvalue weighted by Crippen LogP contribution is -2.00. The van der Waals surface area contributed by atoms with Gasteiger partial charge < -0.3 is 0 Å². The summed E-state index contributed by atoms with van der Waals surface area (Å²) in [5, 5.41) is 0. The van der Waals surface area contributed by atoms with Crippen LogP contribution in [0, 0.1) is 5.92 Å². The summed E-state index contributed by atoms with van der Waals surface area (Å²) in [6.45, 7) is 8.22. The highest BCUT2D eigenvalue weighted by Crippen LogP contribution is 2.12. The SMILES string of the molecule is CCCCC(C)/C=C(\C)C(=O)CC. The van der Waals surface area contributed by atoms with Gasteiger partial charge in [-0.05, 0) is 24.8 Å². The van der Waals surface area contributed by atoms with E-state index in [9.17, 15) is 4.79 Å². The fourth-order valence-electron chi connectivity index (χ4n) is 1.41. The summed E-state index contributed by atoms with van der Waals surface area (Å²) in [6.07, 6.45) is 6.43. The number of carbonyl (C=O) groups is 1. The molecule has 76 valence electrons. The smallest absolute Gasteiger partial charge is 0.157 e. The molecule has 1 heteroatoms. The van der Waals surface area contributed by atoms with Crippen molar-refractivity contribution in [1.29, 1.82) is 0 Å². The maximum atomic E-state index is 11.3. The third-order valence-electron chi connectivity index (χ3n) is 2.31. The van der Waals surface area contributed by atoms with Crippen LogP contribution in [-0.2, 0) is 4.79 Å². The van der Waals surface area contributed by atoms with Gasteiger partial charge in [0, 0.05) is 6.42 Å². The molecule has 0 amide bonds. The third-order valence-corrected chi connectivity index (χ3v) is 2.31. The first-order valence-electron chi connectivity index (χ1n) is 5.33. The molecule has 0 aromatic heterocycles. The monoisotopic (exact) mass is 182 g/mol. The Morgan fingerprint density at radius 2 is 2.00 bits per heavy atom. The number of carbonyl (C=O) groups excluding carboxylic acids is 1. The number of hydrogen-bond acceptors (Lipinski definition) is 1. The Bertz CT molecular complexity index is 180. The fraction of sp³-hybridized carbons (Fsp3) is 0.750. The van der Waals surface area contributed by atoms with Crippen LogP contribution in [0.15, 0.2) is 11.6 Å². The van der Waals surface area contributed by atoms with E-state index < -0.39 is 0 Å². The highest BCUT2D eigenvalue weighted by molar-refractivity contribution is 5.94. The van der Waals surface area contributed by atoms with Gasteiger partial charge in [0.15, 0.2) is 5.78 Å². The van der Waals surface area contributed by atoms with Crippen molar-refractivity contribution in [3.8, 4) is 0 Å². The molecule has 0 aliphatic rings. The summed E-state index contributed by atoms with van der Waals surface area (Å²) < 4.78 is 0. The van der Waals surface area contributed by atoms with Gasteiger partial charge in [0.05, 0.1) is 0 Å². The molecule has 13 heavy (non-hydrogen) atoms. The third kappa shape index (κ3) is 5.62. The molecule has 0 aliphatic carbocycles. The van der Waals surface area contributed by atoms with Gasteiger partial charge >= 0.3 is 0 Å². The number of rotatable bonds is 6. The van der Waals surface area contributed by atoms with Crippen molar-refractivity contribution >= 4 is 5.78 Å². The Balaban J connectivity index is 3.97. The molecular formula is C12H22O. The normalized spacial score (nSPS) is 14.3. The number of ketones is 1. The van der Waals surface area contributed by atoms with Crippen molar-refractivity contribution in [3.05, 3.63) is 11.6 Å². The van der Waals surface area contributed by atoms with Crippen LogP contribution in [-0.4, -0.2) is 5.78 Å². The Morgan fingerprint density at radius 3 is 2.46 bits per heavy atom. The Labute approximate surface area is 82.2 Å². The molecule has 0 saturated carbocycles. The van der Waals surface area contributed by atoms with E-state index in [2.05, 4.69) is 19.9 Å². The van der Waals surface area contributed by atoms with E-state index in [1.54, 1.807) is 0 Å². The minimum Gasteiger partial charge on any atom is -0.295 e. The van der Waals surface area contributed by atoms with E-state index in [4.69, 9.17) is 0 Å². The predicted molar refractivity (Wildman–Crippen MR) is 57.7 cm³/mol. The molecule has 0 aromatic carbocycles. The fourth-order valence-corrected chi connectivity index (χ4v) is 1.41. The first-order chi connectivity index (χ1) is 6.11. The van der Waals surface area contributed by atoms with Crippen molar-refractivity contribution < 1.29 is 4.79 Å². The lowest BCUT2D eigenvalue weighted by molar-refractivity contribution is -0.115. The minimum absolute atomic E-state index is 0.281. The molecule has 0 spiro atoms. The molecule has 0 saturated heterocycles. The summed E-state index contributed by atoms with van der Waals surface area (Å²) in [5.74, 6) is 0.832. The highest BCUT2D eigenvalue weighted by atomic mass is 16.1. The summed E-state index contributed by atoms with van der Waals surface area (Å²) >= 11 is 0. The van der Waals surface area contributed by atoms with E-state index in [0.717, 1.165) is 5.57 Å². The number of unbranched alkanes of at least 4 members (excludes halogenated alkanes) is 1. The van der Waals surface area contributed by atoms with E-state index in [1.807, 2.05) is 13.8 Å². The Kier molecular flexibility index (Phi) is 6.56. The van der Waals surface area contributed by atoms with Crippen LogP contribution in [0.4, 0.5) is 0 Å². The van der Waals surface area contributed by atoms with Crippen molar-refractivity contribution in [2.24, 2.45) is 5.92 Å². The van der Waals surface area contributed by atoms with Crippen LogP contribution < -0.4 is 0 Å². The van der Waals surface area contributed by atoms with Crippen LogP contribution in [0.5, 0.6) is 0 Å². The zero-order chi connectivity index (χ0) is 10.3. The largest absolute Gasteiger partial charge is 0.295 e. The average Bonchev–Trinajstić information content (AvgIpc) is 2.13. The van der Waals surface area contributed by atoms with Gasteiger partial charge in [-0.1, -0.05) is 39.7 Å². The molecule has 0 radical (unpaired) electrons. The maximum absolute atomic E-state index is 11.3. The second kappa shape index (κ2) is 6.88. The molecule has 0 bridgehead atoms. The number of Topliss-reactive ketones (excluding diaryl/α,β-unsaturated/α-hetero) is 1. The molecule has 0 rings (SSSR count). The van der Waals surface area contributed by atoms with E-state index in [-0.39, 0.29) is 5.78 Å². The first-order valence-corrected chi connectivity index (χ1v) is 5.33. The summed E-state index contributed by atoms with van der Waals surface area (Å²) in [4.78, 5) is 11.3. The molecule has 1 nitrogen and oxygen atoms in total. The molecule has 0 fully saturated rings. The van der Waals surface area contributed by atoms with Gasteiger partial charge in [0.2, 0.25) is 0 Å². The zero-order valence-corrected chi connectivity index (χ0v) is 9.39. The molecule has 1 unspecified atom stereocenters. The number of allylic oxidation sites excluding steroid dienone is 2. The summed E-state index contributed by atoms with van der Waals surface area (Å²) in [6, 6.07) is 0. The van der Waals surface area contributed by atoms with Gasteiger partial charge in [0.1, 0.15) is 0 Å². The van der Waals surface area contributed by atoms with Crippen molar-refractivity contribution in [2.45, 2.75) is 53.4 Å². The van der Waals surface area contributed by atoms with E-state index >= 15 is 0 Å². The predicted octanol–water partition coefficient (Wildman–Crippen LogP) is 3.74. The minimum atomic E-state index is 0.281. The standard InChI is InChI=1S/C12H22O/c1-5-7-8-10(3)9-11(4)12(13)6-2/h9-10H,5-8H2,1-4H3/b11-9+.